The van der Waals surface area contributed by atoms with E-state index < -0.39 is 0 Å². The molecule has 114 valence electrons. The average molecular weight is 303 g/mol. The van der Waals surface area contributed by atoms with Crippen molar-refractivity contribution in [1.29, 1.82) is 0 Å². The van der Waals surface area contributed by atoms with Crippen molar-refractivity contribution in [2.45, 2.75) is 32.9 Å². The molecule has 0 amide bonds. The third-order valence-corrected chi connectivity index (χ3v) is 4.67. The minimum Gasteiger partial charge on any atom is -0.496 e. The smallest absolute Gasteiger partial charge is 0.126 e. The number of methoxy groups -OCH3 is 1. The van der Waals surface area contributed by atoms with Crippen molar-refractivity contribution in [2.24, 2.45) is 0 Å². The first-order valence-corrected chi connectivity index (χ1v) is 8.77. The molecule has 0 saturated carbocycles. The monoisotopic (exact) mass is 303 g/mol. The van der Waals surface area contributed by atoms with Gasteiger partial charge < -0.3 is 10.1 Å². The molecule has 2 nitrogen and oxygen atoms in total. The number of benzene rings is 2. The van der Waals surface area contributed by atoms with Crippen molar-refractivity contribution >= 4 is 22.5 Å². The van der Waals surface area contributed by atoms with Crippen molar-refractivity contribution in [3.05, 3.63) is 42.0 Å². The van der Waals surface area contributed by atoms with Crippen molar-refractivity contribution in [3.8, 4) is 5.75 Å². The lowest BCUT2D eigenvalue weighted by Crippen LogP contribution is -2.26. The molecule has 1 atom stereocenters. The summed E-state index contributed by atoms with van der Waals surface area (Å²) in [7, 11) is 1.73. The van der Waals surface area contributed by atoms with Crippen molar-refractivity contribution < 1.29 is 4.74 Å². The number of hydrogen-bond acceptors (Lipinski definition) is 3. The van der Waals surface area contributed by atoms with Gasteiger partial charge in [-0.25, -0.2) is 0 Å². The average Bonchev–Trinajstić information content (AvgIpc) is 2.52. The lowest BCUT2D eigenvalue weighted by atomic mass is 10.0. The van der Waals surface area contributed by atoms with Crippen LogP contribution >= 0.6 is 11.8 Å². The fourth-order valence-electron chi connectivity index (χ4n) is 2.46. The van der Waals surface area contributed by atoms with E-state index in [4.69, 9.17) is 4.74 Å². The molecular formula is C18H25NOS. The molecule has 2 aromatic carbocycles. The number of hydrogen-bond donors (Lipinski definition) is 1. The van der Waals surface area contributed by atoms with Gasteiger partial charge in [-0.15, -0.1) is 0 Å². The molecule has 0 aliphatic carbocycles. The summed E-state index contributed by atoms with van der Waals surface area (Å²) in [5.41, 5.74) is 1.33. The van der Waals surface area contributed by atoms with Crippen LogP contribution < -0.4 is 10.1 Å². The fourth-order valence-corrected chi connectivity index (χ4v) is 3.27. The van der Waals surface area contributed by atoms with Gasteiger partial charge in [0.2, 0.25) is 0 Å². The van der Waals surface area contributed by atoms with E-state index >= 15 is 0 Å². The van der Waals surface area contributed by atoms with Crippen LogP contribution in [-0.4, -0.2) is 24.7 Å². The number of rotatable bonds is 8. The van der Waals surface area contributed by atoms with Gasteiger partial charge in [-0.2, -0.15) is 11.8 Å². The van der Waals surface area contributed by atoms with Gasteiger partial charge in [0, 0.05) is 18.0 Å². The quantitative estimate of drug-likeness (QED) is 0.727. The molecule has 0 heterocycles. The lowest BCUT2D eigenvalue weighted by molar-refractivity contribution is 0.419. The van der Waals surface area contributed by atoms with E-state index in [1.165, 1.54) is 34.3 Å². The standard InChI is InChI=1S/C18H25NOS/c1-4-21-12-11-14(2)19-13-15-9-10-18(20-3)17-8-6-5-7-16(15)17/h5-10,14,19H,4,11-13H2,1-3H3. The third kappa shape index (κ3) is 4.39. The van der Waals surface area contributed by atoms with Crippen molar-refractivity contribution in [3.63, 3.8) is 0 Å². The van der Waals surface area contributed by atoms with E-state index in [1.807, 2.05) is 11.8 Å². The van der Waals surface area contributed by atoms with E-state index in [2.05, 4.69) is 55.6 Å². The second kappa shape index (κ2) is 8.30. The van der Waals surface area contributed by atoms with E-state index in [-0.39, 0.29) is 0 Å². The predicted octanol–water partition coefficient (Wildman–Crippen LogP) is 4.47. The normalized spacial score (nSPS) is 12.5. The van der Waals surface area contributed by atoms with E-state index in [0.29, 0.717) is 6.04 Å². The Labute approximate surface area is 132 Å². The maximum absolute atomic E-state index is 5.45. The number of ether oxygens (including phenoxy) is 1. The maximum Gasteiger partial charge on any atom is 0.126 e. The molecule has 0 aromatic heterocycles. The number of nitrogens with one attached hydrogen (secondary N) is 1. The molecule has 0 fully saturated rings. The maximum atomic E-state index is 5.45. The molecule has 1 unspecified atom stereocenters. The second-order valence-electron chi connectivity index (χ2n) is 5.24. The van der Waals surface area contributed by atoms with Gasteiger partial charge in [-0.3, -0.25) is 0 Å². The molecule has 21 heavy (non-hydrogen) atoms. The predicted molar refractivity (Wildman–Crippen MR) is 94.4 cm³/mol. The Morgan fingerprint density at radius 2 is 1.90 bits per heavy atom. The Kier molecular flexibility index (Phi) is 6.40. The molecule has 0 bridgehead atoms. The minimum atomic E-state index is 0.546. The molecule has 3 heteroatoms. The highest BCUT2D eigenvalue weighted by Gasteiger charge is 2.07. The molecule has 0 aliphatic rings. The minimum absolute atomic E-state index is 0.546. The van der Waals surface area contributed by atoms with E-state index in [9.17, 15) is 0 Å². The van der Waals surface area contributed by atoms with Crippen molar-refractivity contribution in [1.82, 2.24) is 5.32 Å². The van der Waals surface area contributed by atoms with Crippen LogP contribution in [0.25, 0.3) is 10.8 Å². The fraction of sp³-hybridized carbons (Fsp3) is 0.444. The molecule has 1 N–H and O–H groups in total. The first-order valence-electron chi connectivity index (χ1n) is 7.62. The largest absolute Gasteiger partial charge is 0.496 e. The Morgan fingerprint density at radius 3 is 2.62 bits per heavy atom. The summed E-state index contributed by atoms with van der Waals surface area (Å²) in [5.74, 6) is 3.38. The van der Waals surface area contributed by atoms with Gasteiger partial charge in [0.05, 0.1) is 7.11 Å². The summed E-state index contributed by atoms with van der Waals surface area (Å²) >= 11 is 2.01. The van der Waals surface area contributed by atoms with Gasteiger partial charge in [0.1, 0.15) is 5.75 Å². The molecule has 2 aromatic rings. The van der Waals surface area contributed by atoms with Crippen molar-refractivity contribution in [2.75, 3.05) is 18.6 Å². The summed E-state index contributed by atoms with van der Waals surface area (Å²) in [4.78, 5) is 0. The molecule has 0 saturated heterocycles. The van der Waals surface area contributed by atoms with E-state index in [1.54, 1.807) is 7.11 Å². The summed E-state index contributed by atoms with van der Waals surface area (Å²) in [5, 5.41) is 6.10. The Hall–Kier alpha value is -1.19. The molecule has 0 spiro atoms. The Balaban J connectivity index is 2.05. The SMILES string of the molecule is CCSCCC(C)NCc1ccc(OC)c2ccccc12. The summed E-state index contributed by atoms with van der Waals surface area (Å²) in [6, 6.07) is 13.2. The highest BCUT2D eigenvalue weighted by Crippen LogP contribution is 2.28. The Morgan fingerprint density at radius 1 is 1.14 bits per heavy atom. The zero-order valence-electron chi connectivity index (χ0n) is 13.2. The first-order chi connectivity index (χ1) is 10.3. The zero-order chi connectivity index (χ0) is 15.1. The van der Waals surface area contributed by atoms with E-state index in [0.717, 1.165) is 12.3 Å². The van der Waals surface area contributed by atoms with Crippen LogP contribution in [0.4, 0.5) is 0 Å². The second-order valence-corrected chi connectivity index (χ2v) is 6.63. The van der Waals surface area contributed by atoms with Crippen LogP contribution in [-0.2, 0) is 6.54 Å². The first kappa shape index (κ1) is 16.2. The highest BCUT2D eigenvalue weighted by atomic mass is 32.2. The van der Waals surface area contributed by atoms with Crippen LogP contribution in [0.2, 0.25) is 0 Å². The van der Waals surface area contributed by atoms with Crippen LogP contribution in [0, 0.1) is 0 Å². The molecule has 0 aliphatic heterocycles. The summed E-state index contributed by atoms with van der Waals surface area (Å²) in [6.07, 6.45) is 1.21. The molecule has 0 radical (unpaired) electrons. The molecular weight excluding hydrogens is 278 g/mol. The zero-order valence-corrected chi connectivity index (χ0v) is 14.0. The summed E-state index contributed by atoms with van der Waals surface area (Å²) < 4.78 is 5.45. The number of thioether (sulfide) groups is 1. The van der Waals surface area contributed by atoms with Gasteiger partial charge >= 0.3 is 0 Å². The van der Waals surface area contributed by atoms with Crippen LogP contribution in [0.3, 0.4) is 0 Å². The topological polar surface area (TPSA) is 21.3 Å². The van der Waals surface area contributed by atoms with Gasteiger partial charge in [-0.1, -0.05) is 37.3 Å². The number of fused-ring (bicyclic) bond motifs is 1. The van der Waals surface area contributed by atoms with Crippen LogP contribution in [0.1, 0.15) is 25.8 Å². The van der Waals surface area contributed by atoms with Gasteiger partial charge in [0.15, 0.2) is 0 Å². The summed E-state index contributed by atoms with van der Waals surface area (Å²) in [6.45, 7) is 5.39. The van der Waals surface area contributed by atoms with Crippen LogP contribution in [0.15, 0.2) is 36.4 Å². The highest BCUT2D eigenvalue weighted by molar-refractivity contribution is 7.99. The molecule has 2 rings (SSSR count). The van der Waals surface area contributed by atoms with Crippen LogP contribution in [0.5, 0.6) is 5.75 Å². The third-order valence-electron chi connectivity index (χ3n) is 3.73. The Bertz CT molecular complexity index is 570. The van der Waals surface area contributed by atoms with Gasteiger partial charge in [0.25, 0.3) is 0 Å². The lowest BCUT2D eigenvalue weighted by Gasteiger charge is -2.15. The van der Waals surface area contributed by atoms with Gasteiger partial charge in [-0.05, 0) is 41.9 Å².